The Kier molecular flexibility index (Phi) is 4.50. The van der Waals surface area contributed by atoms with Gasteiger partial charge >= 0.3 is 0 Å². The highest BCUT2D eigenvalue weighted by atomic mass is 16.5. The number of nitrogens with zero attached hydrogens (tertiary/aromatic N) is 3. The molecule has 1 saturated carbocycles. The zero-order valence-electron chi connectivity index (χ0n) is 12.4. The van der Waals surface area contributed by atoms with Gasteiger partial charge in [-0.25, -0.2) is 9.67 Å². The number of rotatable bonds is 5. The van der Waals surface area contributed by atoms with E-state index < -0.39 is 0 Å². The molecule has 3 rings (SSSR count). The molecule has 1 aliphatic carbocycles. The van der Waals surface area contributed by atoms with Crippen molar-refractivity contribution >= 4 is 5.69 Å². The third kappa shape index (κ3) is 3.82. The molecule has 2 aromatic rings. The maximum absolute atomic E-state index is 5.42. The predicted molar refractivity (Wildman–Crippen MR) is 82.2 cm³/mol. The molecule has 0 saturated heterocycles. The molecule has 1 fully saturated rings. The van der Waals surface area contributed by atoms with Gasteiger partial charge in [0, 0.05) is 18.8 Å². The first kappa shape index (κ1) is 14.1. The van der Waals surface area contributed by atoms with Gasteiger partial charge in [-0.2, -0.15) is 5.10 Å². The standard InChI is InChI=1S/C16H22N4O/c1-21-16-7-5-14(6-8-16)19-15-4-2-3-13(9-15)10-20-12-17-11-18-20/h2-4,9,11-12,14,16,19H,5-8,10H2,1H3. The van der Waals surface area contributed by atoms with Crippen LogP contribution < -0.4 is 5.32 Å². The van der Waals surface area contributed by atoms with Gasteiger partial charge in [-0.3, -0.25) is 0 Å². The number of methoxy groups -OCH3 is 1. The fourth-order valence-corrected chi connectivity index (χ4v) is 2.94. The van der Waals surface area contributed by atoms with Crippen LogP contribution in [0, 0.1) is 0 Å². The number of aromatic nitrogens is 3. The lowest BCUT2D eigenvalue weighted by molar-refractivity contribution is 0.0682. The Bertz CT molecular complexity index is 547. The first-order valence-electron chi connectivity index (χ1n) is 7.54. The van der Waals surface area contributed by atoms with Gasteiger partial charge in [0.25, 0.3) is 0 Å². The summed E-state index contributed by atoms with van der Waals surface area (Å²) < 4.78 is 7.26. The molecule has 0 aliphatic heterocycles. The zero-order chi connectivity index (χ0) is 14.5. The summed E-state index contributed by atoms with van der Waals surface area (Å²) in [7, 11) is 1.81. The molecule has 1 heterocycles. The van der Waals surface area contributed by atoms with Gasteiger partial charge in [0.2, 0.25) is 0 Å². The van der Waals surface area contributed by atoms with Crippen molar-refractivity contribution in [2.45, 2.75) is 44.4 Å². The Hall–Kier alpha value is -1.88. The molecule has 21 heavy (non-hydrogen) atoms. The average Bonchev–Trinajstić information content (AvgIpc) is 3.01. The molecule has 1 N–H and O–H groups in total. The van der Waals surface area contributed by atoms with Crippen LogP contribution >= 0.6 is 0 Å². The van der Waals surface area contributed by atoms with Crippen LogP contribution in [-0.2, 0) is 11.3 Å². The van der Waals surface area contributed by atoms with Gasteiger partial charge in [0.15, 0.2) is 0 Å². The minimum Gasteiger partial charge on any atom is -0.382 e. The number of ether oxygens (including phenoxy) is 1. The van der Waals surface area contributed by atoms with Crippen LogP contribution in [0.2, 0.25) is 0 Å². The zero-order valence-corrected chi connectivity index (χ0v) is 12.4. The summed E-state index contributed by atoms with van der Waals surface area (Å²) in [6, 6.07) is 9.10. The molecule has 0 spiro atoms. The Balaban J connectivity index is 1.58. The van der Waals surface area contributed by atoms with Crippen molar-refractivity contribution < 1.29 is 4.74 Å². The first-order valence-corrected chi connectivity index (χ1v) is 7.54. The van der Waals surface area contributed by atoms with Crippen LogP contribution in [0.3, 0.4) is 0 Å². The van der Waals surface area contributed by atoms with Crippen LogP contribution in [-0.4, -0.2) is 34.0 Å². The molecule has 0 radical (unpaired) electrons. The highest BCUT2D eigenvalue weighted by Gasteiger charge is 2.20. The molecule has 0 bridgehead atoms. The molecule has 1 aliphatic rings. The highest BCUT2D eigenvalue weighted by Crippen LogP contribution is 2.24. The normalized spacial score (nSPS) is 22.1. The third-order valence-electron chi connectivity index (χ3n) is 4.12. The summed E-state index contributed by atoms with van der Waals surface area (Å²) in [6.07, 6.45) is 8.39. The molecule has 0 unspecified atom stereocenters. The molecular formula is C16H22N4O. The van der Waals surface area contributed by atoms with Crippen LogP contribution in [0.1, 0.15) is 31.2 Å². The minimum atomic E-state index is 0.446. The second-order valence-corrected chi connectivity index (χ2v) is 5.65. The number of nitrogens with one attached hydrogen (secondary N) is 1. The quantitative estimate of drug-likeness (QED) is 0.918. The summed E-state index contributed by atoms with van der Waals surface area (Å²) in [6.45, 7) is 0.756. The van der Waals surface area contributed by atoms with E-state index in [1.807, 2.05) is 11.8 Å². The molecule has 1 aromatic heterocycles. The van der Waals surface area contributed by atoms with E-state index in [2.05, 4.69) is 39.7 Å². The van der Waals surface area contributed by atoms with Gasteiger partial charge < -0.3 is 10.1 Å². The first-order chi connectivity index (χ1) is 10.3. The Morgan fingerprint density at radius 1 is 1.29 bits per heavy atom. The van der Waals surface area contributed by atoms with E-state index in [0.29, 0.717) is 12.1 Å². The van der Waals surface area contributed by atoms with Gasteiger partial charge in [0.05, 0.1) is 12.6 Å². The van der Waals surface area contributed by atoms with Crippen molar-refractivity contribution in [1.29, 1.82) is 0 Å². The van der Waals surface area contributed by atoms with Crippen LogP contribution in [0.5, 0.6) is 0 Å². The SMILES string of the molecule is COC1CCC(Nc2cccc(Cn3cncn3)c2)CC1. The van der Waals surface area contributed by atoms with Crippen molar-refractivity contribution in [3.05, 3.63) is 42.5 Å². The van der Waals surface area contributed by atoms with Crippen molar-refractivity contribution in [3.63, 3.8) is 0 Å². The number of hydrogen-bond donors (Lipinski definition) is 1. The smallest absolute Gasteiger partial charge is 0.137 e. The van der Waals surface area contributed by atoms with Gasteiger partial charge in [0.1, 0.15) is 12.7 Å². The third-order valence-corrected chi connectivity index (χ3v) is 4.12. The lowest BCUT2D eigenvalue weighted by Crippen LogP contribution is -2.29. The summed E-state index contributed by atoms with van der Waals surface area (Å²) in [4.78, 5) is 3.97. The van der Waals surface area contributed by atoms with Crippen LogP contribution in [0.25, 0.3) is 0 Å². The largest absolute Gasteiger partial charge is 0.382 e. The maximum Gasteiger partial charge on any atom is 0.137 e. The molecule has 5 heteroatoms. The van der Waals surface area contributed by atoms with Crippen molar-refractivity contribution in [2.75, 3.05) is 12.4 Å². The summed E-state index contributed by atoms with van der Waals surface area (Å²) in [5.74, 6) is 0. The summed E-state index contributed by atoms with van der Waals surface area (Å²) in [5, 5.41) is 7.79. The number of hydrogen-bond acceptors (Lipinski definition) is 4. The van der Waals surface area contributed by atoms with Crippen LogP contribution in [0.4, 0.5) is 5.69 Å². The van der Waals surface area contributed by atoms with E-state index in [9.17, 15) is 0 Å². The molecule has 1 aromatic carbocycles. The molecule has 112 valence electrons. The molecule has 0 atom stereocenters. The molecule has 5 nitrogen and oxygen atoms in total. The Morgan fingerprint density at radius 2 is 2.14 bits per heavy atom. The lowest BCUT2D eigenvalue weighted by Gasteiger charge is -2.29. The predicted octanol–water partition coefficient (Wildman–Crippen LogP) is 2.70. The summed E-state index contributed by atoms with van der Waals surface area (Å²) in [5.41, 5.74) is 2.42. The molecular weight excluding hydrogens is 264 g/mol. The van der Waals surface area contributed by atoms with E-state index in [1.165, 1.54) is 24.1 Å². The van der Waals surface area contributed by atoms with E-state index in [1.54, 1.807) is 12.7 Å². The maximum atomic E-state index is 5.42. The van der Waals surface area contributed by atoms with Crippen molar-refractivity contribution in [3.8, 4) is 0 Å². The topological polar surface area (TPSA) is 52.0 Å². The summed E-state index contributed by atoms with van der Waals surface area (Å²) >= 11 is 0. The second kappa shape index (κ2) is 6.72. The fraction of sp³-hybridized carbons (Fsp3) is 0.500. The average molecular weight is 286 g/mol. The Labute approximate surface area is 125 Å². The minimum absolute atomic E-state index is 0.446. The molecule has 0 amide bonds. The van der Waals surface area contributed by atoms with Crippen molar-refractivity contribution in [1.82, 2.24) is 14.8 Å². The second-order valence-electron chi connectivity index (χ2n) is 5.65. The van der Waals surface area contributed by atoms with Crippen LogP contribution in [0.15, 0.2) is 36.9 Å². The number of benzene rings is 1. The van der Waals surface area contributed by atoms with Crippen molar-refractivity contribution in [2.24, 2.45) is 0 Å². The van der Waals surface area contributed by atoms with Gasteiger partial charge in [-0.05, 0) is 43.4 Å². The highest BCUT2D eigenvalue weighted by molar-refractivity contribution is 5.46. The lowest BCUT2D eigenvalue weighted by atomic mass is 9.93. The van der Waals surface area contributed by atoms with E-state index in [4.69, 9.17) is 4.74 Å². The fourth-order valence-electron chi connectivity index (χ4n) is 2.94. The number of anilines is 1. The monoisotopic (exact) mass is 286 g/mol. The van der Waals surface area contributed by atoms with Gasteiger partial charge in [-0.1, -0.05) is 12.1 Å². The van der Waals surface area contributed by atoms with E-state index in [0.717, 1.165) is 19.4 Å². The van der Waals surface area contributed by atoms with E-state index >= 15 is 0 Å². The Morgan fingerprint density at radius 3 is 2.86 bits per heavy atom. The van der Waals surface area contributed by atoms with E-state index in [-0.39, 0.29) is 0 Å². The van der Waals surface area contributed by atoms with Gasteiger partial charge in [-0.15, -0.1) is 0 Å².